The number of anilines is 1. The summed E-state index contributed by atoms with van der Waals surface area (Å²) in [7, 11) is 3.17. The summed E-state index contributed by atoms with van der Waals surface area (Å²) < 4.78 is 16.3. The summed E-state index contributed by atoms with van der Waals surface area (Å²) in [6.45, 7) is 6.96. The van der Waals surface area contributed by atoms with Crippen molar-refractivity contribution in [2.45, 2.75) is 38.5 Å². The van der Waals surface area contributed by atoms with E-state index in [4.69, 9.17) is 14.0 Å². The number of benzene rings is 2. The molecule has 4 rings (SSSR count). The van der Waals surface area contributed by atoms with Crippen LogP contribution in [0, 0.1) is 0 Å². The van der Waals surface area contributed by atoms with Crippen molar-refractivity contribution in [3.05, 3.63) is 53.9 Å². The van der Waals surface area contributed by atoms with Crippen LogP contribution in [0.3, 0.4) is 0 Å². The molecule has 3 aromatic rings. The first-order chi connectivity index (χ1) is 14.8. The van der Waals surface area contributed by atoms with Gasteiger partial charge in [0.25, 0.3) is 0 Å². The van der Waals surface area contributed by atoms with Crippen LogP contribution in [0.2, 0.25) is 0 Å². The summed E-state index contributed by atoms with van der Waals surface area (Å²) in [5, 5.41) is 4.15. The fourth-order valence-corrected chi connectivity index (χ4v) is 3.75. The molecule has 0 radical (unpaired) electrons. The van der Waals surface area contributed by atoms with Crippen LogP contribution in [-0.4, -0.2) is 36.8 Å². The maximum absolute atomic E-state index is 12.8. The minimum atomic E-state index is -0.182. The van der Waals surface area contributed by atoms with E-state index in [9.17, 15) is 4.79 Å². The van der Waals surface area contributed by atoms with Crippen LogP contribution in [0.15, 0.2) is 47.0 Å². The van der Waals surface area contributed by atoms with Crippen LogP contribution < -0.4 is 14.4 Å². The lowest BCUT2D eigenvalue weighted by Crippen LogP contribution is -2.24. The minimum absolute atomic E-state index is 0.0224. The molecular formula is C24H27N3O4. The highest BCUT2D eigenvalue weighted by Crippen LogP contribution is 2.38. The first-order valence-electron chi connectivity index (χ1n) is 10.3. The van der Waals surface area contributed by atoms with E-state index in [0.29, 0.717) is 41.9 Å². The zero-order valence-corrected chi connectivity index (χ0v) is 18.5. The van der Waals surface area contributed by atoms with E-state index in [1.165, 1.54) is 5.56 Å². The van der Waals surface area contributed by atoms with Gasteiger partial charge in [0.15, 0.2) is 0 Å². The summed E-state index contributed by atoms with van der Waals surface area (Å²) in [4.78, 5) is 19.0. The highest BCUT2D eigenvalue weighted by Gasteiger charge is 2.36. The van der Waals surface area contributed by atoms with E-state index < -0.39 is 0 Å². The number of amides is 1. The van der Waals surface area contributed by atoms with Gasteiger partial charge in [-0.3, -0.25) is 4.79 Å². The van der Waals surface area contributed by atoms with Crippen LogP contribution in [0.4, 0.5) is 5.69 Å². The molecule has 31 heavy (non-hydrogen) atoms. The first kappa shape index (κ1) is 20.9. The predicted octanol–water partition coefficient (Wildman–Crippen LogP) is 4.57. The third kappa shape index (κ3) is 4.13. The van der Waals surface area contributed by atoms with Gasteiger partial charge in [0.2, 0.25) is 17.6 Å². The van der Waals surface area contributed by atoms with E-state index in [1.807, 2.05) is 12.1 Å². The normalized spacial score (nSPS) is 16.6. The molecule has 0 aliphatic carbocycles. The van der Waals surface area contributed by atoms with Crippen molar-refractivity contribution in [2.24, 2.45) is 0 Å². The Kier molecular flexibility index (Phi) is 5.43. The molecule has 0 N–H and O–H groups in total. The maximum Gasteiger partial charge on any atom is 0.232 e. The molecule has 1 unspecified atom stereocenters. The Hall–Kier alpha value is -3.35. The van der Waals surface area contributed by atoms with E-state index in [-0.39, 0.29) is 17.2 Å². The Morgan fingerprint density at radius 2 is 1.81 bits per heavy atom. The van der Waals surface area contributed by atoms with E-state index in [1.54, 1.807) is 37.3 Å². The molecule has 1 aromatic heterocycles. The second-order valence-corrected chi connectivity index (χ2v) is 8.73. The molecule has 1 saturated heterocycles. The Bertz CT molecular complexity index is 1080. The van der Waals surface area contributed by atoms with E-state index in [0.717, 1.165) is 5.56 Å². The first-order valence-corrected chi connectivity index (χ1v) is 10.3. The van der Waals surface area contributed by atoms with Crippen LogP contribution >= 0.6 is 0 Å². The van der Waals surface area contributed by atoms with Crippen molar-refractivity contribution in [3.63, 3.8) is 0 Å². The van der Waals surface area contributed by atoms with Gasteiger partial charge in [-0.15, -0.1) is 0 Å². The Balaban J connectivity index is 1.55. The number of rotatable bonds is 5. The van der Waals surface area contributed by atoms with Crippen molar-refractivity contribution in [1.82, 2.24) is 10.1 Å². The molecule has 7 nitrogen and oxygen atoms in total. The highest BCUT2D eigenvalue weighted by molar-refractivity contribution is 5.98. The maximum atomic E-state index is 12.8. The average molecular weight is 421 g/mol. The number of carbonyl (C=O) groups is 1. The van der Waals surface area contributed by atoms with Crippen LogP contribution in [0.5, 0.6) is 11.5 Å². The summed E-state index contributed by atoms with van der Waals surface area (Å²) in [5.41, 5.74) is 2.88. The van der Waals surface area contributed by atoms with Gasteiger partial charge < -0.3 is 18.9 Å². The summed E-state index contributed by atoms with van der Waals surface area (Å²) in [6.07, 6.45) is 0.297. The summed E-state index contributed by atoms with van der Waals surface area (Å²) in [6, 6.07) is 13.6. The standard InChI is InChI=1S/C24H27N3O4/c1-24(2,3)17-8-6-15(7-9-17)22-25-23(31-26-22)16-12-21(28)27(14-16)19-13-18(29-4)10-11-20(19)30-5/h6-11,13,16H,12,14H2,1-5H3. The molecule has 0 spiro atoms. The Morgan fingerprint density at radius 3 is 2.45 bits per heavy atom. The molecule has 162 valence electrons. The van der Waals surface area contributed by atoms with Crippen LogP contribution in [-0.2, 0) is 10.2 Å². The van der Waals surface area contributed by atoms with Gasteiger partial charge in [-0.1, -0.05) is 50.2 Å². The lowest BCUT2D eigenvalue weighted by molar-refractivity contribution is -0.117. The smallest absolute Gasteiger partial charge is 0.232 e. The lowest BCUT2D eigenvalue weighted by Gasteiger charge is -2.20. The molecule has 2 heterocycles. The molecule has 7 heteroatoms. The van der Waals surface area contributed by atoms with Crippen LogP contribution in [0.25, 0.3) is 11.4 Å². The SMILES string of the molecule is COc1ccc(OC)c(N2CC(c3nc(-c4ccc(C(C)(C)C)cc4)no3)CC2=O)c1. The molecular weight excluding hydrogens is 394 g/mol. The van der Waals surface area contributed by atoms with Crippen molar-refractivity contribution >= 4 is 11.6 Å². The molecule has 1 aliphatic heterocycles. The second kappa shape index (κ2) is 8.06. The highest BCUT2D eigenvalue weighted by atomic mass is 16.5. The van der Waals surface area contributed by atoms with Crippen molar-refractivity contribution in [3.8, 4) is 22.9 Å². The number of methoxy groups -OCH3 is 2. The molecule has 0 bridgehead atoms. The number of ether oxygens (including phenoxy) is 2. The molecule has 0 saturated carbocycles. The molecule has 1 atom stereocenters. The van der Waals surface area contributed by atoms with Gasteiger partial charge in [-0.05, 0) is 23.1 Å². The van der Waals surface area contributed by atoms with E-state index in [2.05, 4.69) is 43.0 Å². The van der Waals surface area contributed by atoms with Gasteiger partial charge in [0.1, 0.15) is 11.5 Å². The predicted molar refractivity (Wildman–Crippen MR) is 118 cm³/mol. The fraction of sp³-hybridized carbons (Fsp3) is 0.375. The van der Waals surface area contributed by atoms with Crippen molar-refractivity contribution in [2.75, 3.05) is 25.7 Å². The second-order valence-electron chi connectivity index (χ2n) is 8.73. The van der Waals surface area contributed by atoms with Gasteiger partial charge in [-0.2, -0.15) is 4.98 Å². The zero-order valence-electron chi connectivity index (χ0n) is 18.5. The third-order valence-corrected chi connectivity index (χ3v) is 5.60. The number of hydrogen-bond donors (Lipinski definition) is 0. The lowest BCUT2D eigenvalue weighted by atomic mass is 9.87. The van der Waals surface area contributed by atoms with E-state index >= 15 is 0 Å². The fourth-order valence-electron chi connectivity index (χ4n) is 3.75. The molecule has 2 aromatic carbocycles. The number of aromatic nitrogens is 2. The monoisotopic (exact) mass is 421 g/mol. The molecule has 1 amide bonds. The average Bonchev–Trinajstić information content (AvgIpc) is 3.39. The van der Waals surface area contributed by atoms with Gasteiger partial charge in [0.05, 0.1) is 25.8 Å². The minimum Gasteiger partial charge on any atom is -0.497 e. The molecule has 1 fully saturated rings. The topological polar surface area (TPSA) is 77.7 Å². The molecule has 1 aliphatic rings. The third-order valence-electron chi connectivity index (χ3n) is 5.60. The Labute approximate surface area is 182 Å². The zero-order chi connectivity index (χ0) is 22.2. The Morgan fingerprint density at radius 1 is 1.06 bits per heavy atom. The van der Waals surface area contributed by atoms with Gasteiger partial charge in [0, 0.05) is 24.6 Å². The summed E-state index contributed by atoms with van der Waals surface area (Å²) >= 11 is 0. The quantitative estimate of drug-likeness (QED) is 0.600. The number of nitrogens with zero attached hydrogens (tertiary/aromatic N) is 3. The summed E-state index contributed by atoms with van der Waals surface area (Å²) in [5.74, 6) is 2.06. The van der Waals surface area contributed by atoms with Gasteiger partial charge >= 0.3 is 0 Å². The number of carbonyl (C=O) groups excluding carboxylic acids is 1. The van der Waals surface area contributed by atoms with Crippen LogP contribution in [0.1, 0.15) is 44.6 Å². The number of hydrogen-bond acceptors (Lipinski definition) is 6. The van der Waals surface area contributed by atoms with Crippen molar-refractivity contribution in [1.29, 1.82) is 0 Å². The largest absolute Gasteiger partial charge is 0.497 e. The van der Waals surface area contributed by atoms with Crippen molar-refractivity contribution < 1.29 is 18.8 Å². The van der Waals surface area contributed by atoms with Gasteiger partial charge in [-0.25, -0.2) is 0 Å².